The number of sulfone groups is 1. The Kier molecular flexibility index (Phi) is 5.99. The van der Waals surface area contributed by atoms with Crippen LogP contribution in [0, 0.1) is 18.7 Å². The molecule has 1 heterocycles. The fraction of sp³-hybridized carbons (Fsp3) is 0.450. The number of hydrogen-bond donors (Lipinski definition) is 1. The van der Waals surface area contributed by atoms with Crippen molar-refractivity contribution >= 4 is 15.7 Å². The van der Waals surface area contributed by atoms with Crippen molar-refractivity contribution in [2.24, 2.45) is 5.92 Å². The summed E-state index contributed by atoms with van der Waals surface area (Å²) in [7, 11) is -3.86. The Hall–Kier alpha value is -2.15. The van der Waals surface area contributed by atoms with Gasteiger partial charge in [-0.05, 0) is 55.7 Å². The molecule has 0 unspecified atom stereocenters. The Bertz CT molecular complexity index is 887. The minimum Gasteiger partial charge on any atom is -0.468 e. The number of rotatable bonds is 6. The minimum absolute atomic E-state index is 0.00900. The van der Waals surface area contributed by atoms with E-state index in [0.717, 1.165) is 38.2 Å². The smallest absolute Gasteiger partial charge is 0.223 e. The summed E-state index contributed by atoms with van der Waals surface area (Å²) in [6, 6.07) is 6.88. The van der Waals surface area contributed by atoms with Crippen LogP contribution in [0.2, 0.25) is 0 Å². The van der Waals surface area contributed by atoms with Crippen LogP contribution < -0.4 is 5.32 Å². The molecule has 7 heteroatoms. The van der Waals surface area contributed by atoms with Gasteiger partial charge in [-0.15, -0.1) is 0 Å². The molecule has 1 aliphatic rings. The predicted molar refractivity (Wildman–Crippen MR) is 99.4 cm³/mol. The number of hydrogen-bond acceptors (Lipinski definition) is 4. The van der Waals surface area contributed by atoms with E-state index in [-0.39, 0.29) is 34.6 Å². The number of amides is 1. The second-order valence-electron chi connectivity index (χ2n) is 7.04. The SMILES string of the molecule is Cc1cc(S(=O)(=O)[C@@H](CNC(=O)C2CCCCC2)c2ccco2)ccc1F. The van der Waals surface area contributed by atoms with Crippen molar-refractivity contribution in [2.45, 2.75) is 49.2 Å². The molecule has 0 bridgehead atoms. The summed E-state index contributed by atoms with van der Waals surface area (Å²) in [4.78, 5) is 12.5. The number of carbonyl (C=O) groups is 1. The highest BCUT2D eigenvalue weighted by Gasteiger charge is 2.33. The van der Waals surface area contributed by atoms with Gasteiger partial charge in [0.15, 0.2) is 9.84 Å². The zero-order chi connectivity index (χ0) is 19.4. The number of carbonyl (C=O) groups excluding carboxylic acids is 1. The molecule has 1 fully saturated rings. The molecule has 146 valence electrons. The van der Waals surface area contributed by atoms with E-state index in [1.54, 1.807) is 12.1 Å². The Morgan fingerprint density at radius 3 is 2.63 bits per heavy atom. The van der Waals surface area contributed by atoms with Crippen molar-refractivity contribution in [1.82, 2.24) is 5.32 Å². The molecule has 1 aliphatic carbocycles. The van der Waals surface area contributed by atoms with Gasteiger partial charge >= 0.3 is 0 Å². The first kappa shape index (κ1) is 19.6. The molecule has 1 saturated carbocycles. The standard InChI is InChI=1S/C20H24FNO4S/c1-14-12-16(9-10-17(14)21)27(24,25)19(18-8-5-11-26-18)13-22-20(23)15-6-3-2-4-7-15/h5,8-12,15,19H,2-4,6-7,13H2,1H3,(H,22,23)/t19-/m0/s1. The summed E-state index contributed by atoms with van der Waals surface area (Å²) in [5.41, 5.74) is 0.250. The second-order valence-corrected chi connectivity index (χ2v) is 9.17. The van der Waals surface area contributed by atoms with Gasteiger partial charge in [-0.3, -0.25) is 4.79 Å². The molecule has 5 nitrogen and oxygen atoms in total. The summed E-state index contributed by atoms with van der Waals surface area (Å²) in [6.45, 7) is 1.43. The Morgan fingerprint density at radius 2 is 2.00 bits per heavy atom. The maximum Gasteiger partial charge on any atom is 0.223 e. The normalized spacial score (nSPS) is 16.8. The van der Waals surface area contributed by atoms with Crippen molar-refractivity contribution in [1.29, 1.82) is 0 Å². The van der Waals surface area contributed by atoms with Crippen LogP contribution in [0.25, 0.3) is 0 Å². The van der Waals surface area contributed by atoms with Gasteiger partial charge < -0.3 is 9.73 Å². The van der Waals surface area contributed by atoms with Gasteiger partial charge in [0.05, 0.1) is 11.2 Å². The van der Waals surface area contributed by atoms with Gasteiger partial charge in [0, 0.05) is 12.5 Å². The summed E-state index contributed by atoms with van der Waals surface area (Å²) in [5, 5.41) is 1.73. The predicted octanol–water partition coefficient (Wildman–Crippen LogP) is 3.94. The highest BCUT2D eigenvalue weighted by atomic mass is 32.2. The molecule has 1 N–H and O–H groups in total. The molecule has 1 aromatic carbocycles. The fourth-order valence-electron chi connectivity index (χ4n) is 3.50. The number of halogens is 1. The summed E-state index contributed by atoms with van der Waals surface area (Å²) in [6.07, 6.45) is 6.25. The van der Waals surface area contributed by atoms with Crippen LogP contribution in [0.1, 0.15) is 48.7 Å². The lowest BCUT2D eigenvalue weighted by Gasteiger charge is -2.22. The average molecular weight is 393 g/mol. The van der Waals surface area contributed by atoms with Crippen molar-refractivity contribution < 1.29 is 22.0 Å². The highest BCUT2D eigenvalue weighted by Crippen LogP contribution is 2.30. The van der Waals surface area contributed by atoms with Crippen LogP contribution in [-0.2, 0) is 14.6 Å². The van der Waals surface area contributed by atoms with Gasteiger partial charge in [0.2, 0.25) is 5.91 Å². The third-order valence-corrected chi connectivity index (χ3v) is 7.19. The van der Waals surface area contributed by atoms with Crippen molar-refractivity contribution in [3.05, 3.63) is 53.7 Å². The largest absolute Gasteiger partial charge is 0.468 e. The Labute approximate surface area is 158 Å². The second kappa shape index (κ2) is 8.25. The maximum atomic E-state index is 13.6. The van der Waals surface area contributed by atoms with Crippen LogP contribution >= 0.6 is 0 Å². The highest BCUT2D eigenvalue weighted by molar-refractivity contribution is 7.91. The van der Waals surface area contributed by atoms with E-state index in [1.807, 2.05) is 0 Å². The molecule has 1 amide bonds. The number of aryl methyl sites for hydroxylation is 1. The molecular formula is C20H24FNO4S. The van der Waals surface area contributed by atoms with Crippen LogP contribution in [-0.4, -0.2) is 20.9 Å². The number of furan rings is 1. The lowest BCUT2D eigenvalue weighted by Crippen LogP contribution is -2.36. The lowest BCUT2D eigenvalue weighted by atomic mass is 9.89. The van der Waals surface area contributed by atoms with Crippen LogP contribution in [0.15, 0.2) is 45.9 Å². The third-order valence-electron chi connectivity index (χ3n) is 5.13. The maximum absolute atomic E-state index is 13.6. The van der Waals surface area contributed by atoms with E-state index >= 15 is 0 Å². The summed E-state index contributed by atoms with van der Waals surface area (Å²) >= 11 is 0. The van der Waals surface area contributed by atoms with Crippen molar-refractivity contribution in [3.8, 4) is 0 Å². The molecule has 1 aromatic heterocycles. The molecule has 1 atom stereocenters. The van der Waals surface area contributed by atoms with Crippen molar-refractivity contribution in [3.63, 3.8) is 0 Å². The first-order valence-electron chi connectivity index (χ1n) is 9.21. The topological polar surface area (TPSA) is 76.4 Å². The van der Waals surface area contributed by atoms with Gasteiger partial charge in [0.1, 0.15) is 16.8 Å². The molecule has 0 aliphatic heterocycles. The van der Waals surface area contributed by atoms with E-state index in [2.05, 4.69) is 5.32 Å². The van der Waals surface area contributed by atoms with E-state index < -0.39 is 20.9 Å². The van der Waals surface area contributed by atoms with Crippen molar-refractivity contribution in [2.75, 3.05) is 6.54 Å². The van der Waals surface area contributed by atoms with Crippen LogP contribution in [0.3, 0.4) is 0 Å². The molecule has 3 rings (SSSR count). The van der Waals surface area contributed by atoms with E-state index in [4.69, 9.17) is 4.42 Å². The van der Waals surface area contributed by atoms with E-state index in [1.165, 1.54) is 25.3 Å². The lowest BCUT2D eigenvalue weighted by molar-refractivity contribution is -0.125. The minimum atomic E-state index is -3.86. The van der Waals surface area contributed by atoms with E-state index in [9.17, 15) is 17.6 Å². The molecule has 0 radical (unpaired) electrons. The number of nitrogens with one attached hydrogen (secondary N) is 1. The van der Waals surface area contributed by atoms with Crippen LogP contribution in [0.5, 0.6) is 0 Å². The van der Waals surface area contributed by atoms with Gasteiger partial charge in [0.25, 0.3) is 0 Å². The Morgan fingerprint density at radius 1 is 1.26 bits per heavy atom. The van der Waals surface area contributed by atoms with Gasteiger partial charge in [-0.2, -0.15) is 0 Å². The zero-order valence-electron chi connectivity index (χ0n) is 15.3. The first-order valence-corrected chi connectivity index (χ1v) is 10.8. The zero-order valence-corrected chi connectivity index (χ0v) is 16.1. The summed E-state index contributed by atoms with van der Waals surface area (Å²) in [5.74, 6) is -0.390. The molecule has 2 aromatic rings. The molecular weight excluding hydrogens is 369 g/mol. The Balaban J connectivity index is 1.83. The number of benzene rings is 1. The van der Waals surface area contributed by atoms with E-state index in [0.29, 0.717) is 0 Å². The average Bonchev–Trinajstić information content (AvgIpc) is 3.18. The first-order chi connectivity index (χ1) is 12.9. The fourth-order valence-corrected chi connectivity index (χ4v) is 5.17. The molecule has 0 spiro atoms. The third kappa shape index (κ3) is 4.40. The molecule has 0 saturated heterocycles. The van der Waals surface area contributed by atoms with Crippen LogP contribution in [0.4, 0.5) is 4.39 Å². The quantitative estimate of drug-likeness (QED) is 0.754. The summed E-state index contributed by atoms with van der Waals surface area (Å²) < 4.78 is 45.2. The van der Waals surface area contributed by atoms with Gasteiger partial charge in [-0.1, -0.05) is 19.3 Å². The monoisotopic (exact) mass is 393 g/mol. The molecule has 27 heavy (non-hydrogen) atoms. The van der Waals surface area contributed by atoms with Gasteiger partial charge in [-0.25, -0.2) is 12.8 Å².